The Balaban J connectivity index is 2.61. The lowest BCUT2D eigenvalue weighted by Gasteiger charge is -2.07. The molecule has 1 unspecified atom stereocenters. The highest BCUT2D eigenvalue weighted by atomic mass is 16.5. The van der Waals surface area contributed by atoms with Crippen molar-refractivity contribution in [1.29, 1.82) is 0 Å². The normalized spacial score (nSPS) is 13.0. The third-order valence-corrected chi connectivity index (χ3v) is 3.03. The van der Waals surface area contributed by atoms with Crippen LogP contribution in [-0.4, -0.2) is 29.5 Å². The molecule has 0 fully saturated rings. The quantitative estimate of drug-likeness (QED) is 0.738. The van der Waals surface area contributed by atoms with Crippen LogP contribution in [-0.2, 0) is 17.7 Å². The van der Waals surface area contributed by atoms with Crippen LogP contribution in [0.3, 0.4) is 0 Å². The number of nitrogens with two attached hydrogens (primary N) is 1. The molecule has 0 aromatic carbocycles. The van der Waals surface area contributed by atoms with Crippen molar-refractivity contribution in [2.75, 3.05) is 13.7 Å². The summed E-state index contributed by atoms with van der Waals surface area (Å²) in [6, 6.07) is 0.193. The fraction of sp³-hybridized carbons (Fsp3) is 0.769. The second kappa shape index (κ2) is 6.77. The molecule has 0 radical (unpaired) electrons. The number of aromatic nitrogens is 2. The van der Waals surface area contributed by atoms with E-state index in [1.807, 2.05) is 6.92 Å². The first-order valence-electron chi connectivity index (χ1n) is 6.33. The molecule has 1 atom stereocenters. The van der Waals surface area contributed by atoms with E-state index in [-0.39, 0.29) is 6.04 Å². The summed E-state index contributed by atoms with van der Waals surface area (Å²) in [6.45, 7) is 8.03. The molecular weight excluding hydrogens is 214 g/mol. The predicted molar refractivity (Wildman–Crippen MR) is 70.2 cm³/mol. The first-order valence-corrected chi connectivity index (χ1v) is 6.33. The van der Waals surface area contributed by atoms with Crippen molar-refractivity contribution in [3.8, 4) is 0 Å². The molecule has 4 heteroatoms. The third-order valence-electron chi connectivity index (χ3n) is 3.03. The van der Waals surface area contributed by atoms with Gasteiger partial charge in [0.05, 0.1) is 5.69 Å². The molecule has 0 saturated carbocycles. The van der Waals surface area contributed by atoms with Crippen LogP contribution in [0.1, 0.15) is 36.7 Å². The van der Waals surface area contributed by atoms with Gasteiger partial charge in [-0.15, -0.1) is 0 Å². The lowest BCUT2D eigenvalue weighted by Crippen LogP contribution is -2.18. The molecule has 0 saturated heterocycles. The fourth-order valence-electron chi connectivity index (χ4n) is 2.08. The van der Waals surface area contributed by atoms with Gasteiger partial charge in [0.15, 0.2) is 0 Å². The van der Waals surface area contributed by atoms with Crippen molar-refractivity contribution in [2.45, 2.75) is 52.6 Å². The summed E-state index contributed by atoms with van der Waals surface area (Å²) in [6.07, 6.45) is 3.10. The zero-order valence-corrected chi connectivity index (χ0v) is 11.5. The van der Waals surface area contributed by atoms with Gasteiger partial charge in [0.2, 0.25) is 0 Å². The molecule has 2 N–H and O–H groups in total. The molecular formula is C13H25N3O. The van der Waals surface area contributed by atoms with E-state index >= 15 is 0 Å². The first-order chi connectivity index (χ1) is 8.06. The monoisotopic (exact) mass is 239 g/mol. The van der Waals surface area contributed by atoms with Gasteiger partial charge in [0, 0.05) is 32.0 Å². The molecule has 0 amide bonds. The van der Waals surface area contributed by atoms with Crippen molar-refractivity contribution in [2.24, 2.45) is 5.73 Å². The number of unbranched alkanes of at least 4 members (excludes halogenated alkanes) is 1. The Kier molecular flexibility index (Phi) is 5.65. The van der Waals surface area contributed by atoms with Crippen LogP contribution in [0, 0.1) is 13.8 Å². The number of ether oxygens (including phenoxy) is 1. The smallest absolute Gasteiger partial charge is 0.0629 e. The zero-order valence-electron chi connectivity index (χ0n) is 11.5. The average Bonchev–Trinajstić information content (AvgIpc) is 2.52. The molecule has 17 heavy (non-hydrogen) atoms. The maximum absolute atomic E-state index is 5.86. The zero-order chi connectivity index (χ0) is 12.8. The van der Waals surface area contributed by atoms with Gasteiger partial charge in [0.1, 0.15) is 0 Å². The molecule has 98 valence electrons. The highest BCUT2D eigenvalue weighted by molar-refractivity contribution is 5.25. The van der Waals surface area contributed by atoms with Crippen LogP contribution in [0.25, 0.3) is 0 Å². The van der Waals surface area contributed by atoms with Gasteiger partial charge in [0.25, 0.3) is 0 Å². The fourth-order valence-corrected chi connectivity index (χ4v) is 2.08. The van der Waals surface area contributed by atoms with E-state index < -0.39 is 0 Å². The summed E-state index contributed by atoms with van der Waals surface area (Å²) >= 11 is 0. The summed E-state index contributed by atoms with van der Waals surface area (Å²) < 4.78 is 7.15. The van der Waals surface area contributed by atoms with E-state index in [0.29, 0.717) is 0 Å². The summed E-state index contributed by atoms with van der Waals surface area (Å²) in [5.74, 6) is 0. The highest BCUT2D eigenvalue weighted by Gasteiger charge is 2.12. The lowest BCUT2D eigenvalue weighted by atomic mass is 10.1. The molecule has 4 nitrogen and oxygen atoms in total. The van der Waals surface area contributed by atoms with E-state index in [1.165, 1.54) is 11.3 Å². The van der Waals surface area contributed by atoms with E-state index in [9.17, 15) is 0 Å². The molecule has 1 aromatic rings. The first kappa shape index (κ1) is 14.2. The van der Waals surface area contributed by atoms with Gasteiger partial charge in [-0.05, 0) is 45.6 Å². The van der Waals surface area contributed by atoms with Crippen LogP contribution in [0.2, 0.25) is 0 Å². The van der Waals surface area contributed by atoms with Gasteiger partial charge in [-0.3, -0.25) is 4.68 Å². The number of aryl methyl sites for hydroxylation is 2. The van der Waals surface area contributed by atoms with Crippen molar-refractivity contribution in [3.63, 3.8) is 0 Å². The molecule has 0 aliphatic carbocycles. The van der Waals surface area contributed by atoms with Crippen molar-refractivity contribution in [1.82, 2.24) is 9.78 Å². The van der Waals surface area contributed by atoms with Gasteiger partial charge < -0.3 is 10.5 Å². The Morgan fingerprint density at radius 3 is 2.65 bits per heavy atom. The summed E-state index contributed by atoms with van der Waals surface area (Å²) in [5, 5.41) is 4.58. The van der Waals surface area contributed by atoms with Crippen LogP contribution in [0.4, 0.5) is 0 Å². The Bertz CT molecular complexity index is 345. The van der Waals surface area contributed by atoms with Crippen molar-refractivity contribution >= 4 is 0 Å². The Morgan fingerprint density at radius 2 is 2.06 bits per heavy atom. The Hall–Kier alpha value is -0.870. The van der Waals surface area contributed by atoms with Gasteiger partial charge in [-0.25, -0.2) is 0 Å². The second-order valence-corrected chi connectivity index (χ2v) is 4.75. The van der Waals surface area contributed by atoms with E-state index in [2.05, 4.69) is 23.6 Å². The topological polar surface area (TPSA) is 53.1 Å². The van der Waals surface area contributed by atoms with E-state index in [1.54, 1.807) is 7.11 Å². The minimum atomic E-state index is 0.193. The second-order valence-electron chi connectivity index (χ2n) is 4.75. The van der Waals surface area contributed by atoms with Crippen LogP contribution < -0.4 is 5.73 Å². The van der Waals surface area contributed by atoms with Crippen LogP contribution in [0.15, 0.2) is 0 Å². The van der Waals surface area contributed by atoms with Gasteiger partial charge in [-0.1, -0.05) is 0 Å². The summed E-state index contributed by atoms with van der Waals surface area (Å²) in [4.78, 5) is 0. The number of nitrogens with zero attached hydrogens (tertiary/aromatic N) is 2. The number of hydrogen-bond acceptors (Lipinski definition) is 3. The van der Waals surface area contributed by atoms with Crippen molar-refractivity contribution < 1.29 is 4.74 Å². The van der Waals surface area contributed by atoms with Crippen LogP contribution >= 0.6 is 0 Å². The number of hydrogen-bond donors (Lipinski definition) is 1. The molecule has 0 spiro atoms. The SMILES string of the molecule is COCCCCn1nc(C)c(CC(C)N)c1C. The highest BCUT2D eigenvalue weighted by Crippen LogP contribution is 2.15. The predicted octanol–water partition coefficient (Wildman–Crippen LogP) is 1.82. The largest absolute Gasteiger partial charge is 0.385 e. The molecule has 0 bridgehead atoms. The summed E-state index contributed by atoms with van der Waals surface area (Å²) in [5.41, 5.74) is 9.55. The van der Waals surface area contributed by atoms with E-state index in [4.69, 9.17) is 10.5 Å². The molecule has 1 aromatic heterocycles. The number of rotatable bonds is 7. The molecule has 0 aliphatic heterocycles. The maximum Gasteiger partial charge on any atom is 0.0629 e. The molecule has 1 heterocycles. The minimum absolute atomic E-state index is 0.193. The Morgan fingerprint density at radius 1 is 1.35 bits per heavy atom. The Labute approximate surface area is 104 Å². The molecule has 1 rings (SSSR count). The standard InChI is InChI=1S/C13H25N3O/c1-10(14)9-13-11(2)15-16(12(13)3)7-5-6-8-17-4/h10H,5-9,14H2,1-4H3. The van der Waals surface area contributed by atoms with Gasteiger partial charge in [-0.2, -0.15) is 5.10 Å². The summed E-state index contributed by atoms with van der Waals surface area (Å²) in [7, 11) is 1.74. The number of methoxy groups -OCH3 is 1. The van der Waals surface area contributed by atoms with Crippen molar-refractivity contribution in [3.05, 3.63) is 17.0 Å². The lowest BCUT2D eigenvalue weighted by molar-refractivity contribution is 0.191. The minimum Gasteiger partial charge on any atom is -0.385 e. The average molecular weight is 239 g/mol. The maximum atomic E-state index is 5.86. The third kappa shape index (κ3) is 4.13. The van der Waals surface area contributed by atoms with E-state index in [0.717, 1.165) is 38.1 Å². The van der Waals surface area contributed by atoms with Gasteiger partial charge >= 0.3 is 0 Å². The molecule has 0 aliphatic rings. The van der Waals surface area contributed by atoms with Crippen LogP contribution in [0.5, 0.6) is 0 Å².